The van der Waals surface area contributed by atoms with Gasteiger partial charge < -0.3 is 14.5 Å². The average Bonchev–Trinajstić information content (AvgIpc) is 3.11. The number of nitrogens with zero attached hydrogens (tertiary/aromatic N) is 2. The van der Waals surface area contributed by atoms with E-state index in [2.05, 4.69) is 0 Å². The Labute approximate surface area is 141 Å². The van der Waals surface area contributed by atoms with Gasteiger partial charge in [0.05, 0.1) is 13.2 Å². The molecule has 0 aromatic heterocycles. The zero-order valence-electron chi connectivity index (χ0n) is 13.7. The van der Waals surface area contributed by atoms with Crippen LogP contribution in [0, 0.1) is 5.82 Å². The summed E-state index contributed by atoms with van der Waals surface area (Å²) in [7, 11) is 0. The Bertz CT molecular complexity index is 584. The van der Waals surface area contributed by atoms with Gasteiger partial charge in [0.15, 0.2) is 0 Å². The van der Waals surface area contributed by atoms with Crippen molar-refractivity contribution >= 4 is 11.8 Å². The maximum absolute atomic E-state index is 12.9. The molecule has 2 aliphatic heterocycles. The molecule has 0 aliphatic carbocycles. The molecule has 0 saturated carbocycles. The fourth-order valence-corrected chi connectivity index (χ4v) is 3.36. The number of likely N-dealkylation sites (tertiary alicyclic amines) is 1. The number of hydrogen-bond donors (Lipinski definition) is 0. The second-order valence-corrected chi connectivity index (χ2v) is 6.31. The van der Waals surface area contributed by atoms with E-state index >= 15 is 0 Å². The first-order chi connectivity index (χ1) is 11.6. The highest BCUT2D eigenvalue weighted by Crippen LogP contribution is 2.21. The number of carbonyl (C=O) groups excluding carboxylic acids is 2. The summed E-state index contributed by atoms with van der Waals surface area (Å²) in [4.78, 5) is 28.7. The van der Waals surface area contributed by atoms with Crippen molar-refractivity contribution in [1.82, 2.24) is 9.80 Å². The minimum atomic E-state index is -0.330. The number of aryl methyl sites for hydroxylation is 1. The highest BCUT2D eigenvalue weighted by atomic mass is 19.1. The Hall–Kier alpha value is -1.95. The molecule has 2 amide bonds. The lowest BCUT2D eigenvalue weighted by Gasteiger charge is -2.32. The summed E-state index contributed by atoms with van der Waals surface area (Å²) < 4.78 is 18.2. The van der Waals surface area contributed by atoms with Gasteiger partial charge in [-0.3, -0.25) is 9.59 Å². The lowest BCUT2D eigenvalue weighted by atomic mass is 10.1. The summed E-state index contributed by atoms with van der Waals surface area (Å²) in [6.07, 6.45) is 2.51. The lowest BCUT2D eigenvalue weighted by molar-refractivity contribution is -0.146. The third-order valence-electron chi connectivity index (χ3n) is 4.72. The highest BCUT2D eigenvalue weighted by Gasteiger charge is 2.36. The van der Waals surface area contributed by atoms with Crippen LogP contribution in [-0.2, 0) is 20.7 Å². The third kappa shape index (κ3) is 3.93. The average molecular weight is 334 g/mol. The molecule has 0 radical (unpaired) electrons. The van der Waals surface area contributed by atoms with Gasteiger partial charge in [-0.05, 0) is 37.0 Å². The fraction of sp³-hybridized carbons (Fsp3) is 0.556. The number of benzene rings is 1. The van der Waals surface area contributed by atoms with E-state index in [1.165, 1.54) is 12.1 Å². The van der Waals surface area contributed by atoms with Gasteiger partial charge in [-0.25, -0.2) is 4.39 Å². The van der Waals surface area contributed by atoms with Crippen molar-refractivity contribution in [2.75, 3.05) is 32.8 Å². The molecule has 0 N–H and O–H groups in total. The first-order valence-electron chi connectivity index (χ1n) is 8.55. The minimum Gasteiger partial charge on any atom is -0.378 e. The van der Waals surface area contributed by atoms with E-state index in [9.17, 15) is 14.0 Å². The molecule has 24 heavy (non-hydrogen) atoms. The van der Waals surface area contributed by atoms with E-state index in [4.69, 9.17) is 4.74 Å². The van der Waals surface area contributed by atoms with Gasteiger partial charge in [-0.15, -0.1) is 0 Å². The molecule has 2 heterocycles. The summed E-state index contributed by atoms with van der Waals surface area (Å²) in [6, 6.07) is 5.87. The second kappa shape index (κ2) is 7.75. The van der Waals surface area contributed by atoms with Crippen molar-refractivity contribution < 1.29 is 18.7 Å². The SMILES string of the molecule is O=C(C1CCCN1C(=O)CCc1ccc(F)cc1)N1CCOCC1. The van der Waals surface area contributed by atoms with Crippen molar-refractivity contribution in [3.63, 3.8) is 0 Å². The Morgan fingerprint density at radius 3 is 2.54 bits per heavy atom. The van der Waals surface area contributed by atoms with Gasteiger partial charge in [0.1, 0.15) is 11.9 Å². The Morgan fingerprint density at radius 1 is 1.12 bits per heavy atom. The van der Waals surface area contributed by atoms with Crippen molar-refractivity contribution in [3.05, 3.63) is 35.6 Å². The molecular weight excluding hydrogens is 311 g/mol. The van der Waals surface area contributed by atoms with Gasteiger partial charge in [-0.1, -0.05) is 12.1 Å². The van der Waals surface area contributed by atoms with Crippen LogP contribution in [0.1, 0.15) is 24.8 Å². The molecule has 0 spiro atoms. The summed E-state index contributed by atoms with van der Waals surface area (Å²) in [5, 5.41) is 0. The van der Waals surface area contributed by atoms with Gasteiger partial charge in [0, 0.05) is 26.1 Å². The van der Waals surface area contributed by atoms with Crippen LogP contribution in [0.3, 0.4) is 0 Å². The normalized spacial score (nSPS) is 21.1. The van der Waals surface area contributed by atoms with Crippen LogP contribution in [0.15, 0.2) is 24.3 Å². The predicted molar refractivity (Wildman–Crippen MR) is 86.9 cm³/mol. The van der Waals surface area contributed by atoms with Gasteiger partial charge >= 0.3 is 0 Å². The van der Waals surface area contributed by atoms with Gasteiger partial charge in [0.25, 0.3) is 0 Å². The van der Waals surface area contributed by atoms with Crippen molar-refractivity contribution in [2.45, 2.75) is 31.7 Å². The topological polar surface area (TPSA) is 49.9 Å². The summed E-state index contributed by atoms with van der Waals surface area (Å²) >= 11 is 0. The van der Waals surface area contributed by atoms with E-state index in [0.29, 0.717) is 45.7 Å². The standard InChI is InChI=1S/C18H23FN2O3/c19-15-6-3-14(4-7-15)5-8-17(22)21-9-1-2-16(21)18(23)20-10-12-24-13-11-20/h3-4,6-7,16H,1-2,5,8-13H2. The van der Waals surface area contributed by atoms with E-state index in [1.54, 1.807) is 21.9 Å². The predicted octanol–water partition coefficient (Wildman–Crippen LogP) is 1.61. The lowest BCUT2D eigenvalue weighted by Crippen LogP contribution is -2.51. The monoisotopic (exact) mass is 334 g/mol. The summed E-state index contributed by atoms with van der Waals surface area (Å²) in [5.41, 5.74) is 0.931. The number of hydrogen-bond acceptors (Lipinski definition) is 3. The van der Waals surface area contributed by atoms with Crippen LogP contribution < -0.4 is 0 Å². The number of carbonyl (C=O) groups is 2. The van der Waals surface area contributed by atoms with E-state index in [1.807, 2.05) is 0 Å². The molecule has 2 saturated heterocycles. The molecule has 1 unspecified atom stereocenters. The zero-order chi connectivity index (χ0) is 16.9. The summed E-state index contributed by atoms with van der Waals surface area (Å²) in [5.74, 6) is -0.227. The molecule has 2 fully saturated rings. The largest absolute Gasteiger partial charge is 0.378 e. The van der Waals surface area contributed by atoms with E-state index < -0.39 is 0 Å². The fourth-order valence-electron chi connectivity index (χ4n) is 3.36. The van der Waals surface area contributed by atoms with Crippen LogP contribution >= 0.6 is 0 Å². The Morgan fingerprint density at radius 2 is 1.83 bits per heavy atom. The Balaban J connectivity index is 1.56. The molecule has 3 rings (SSSR count). The number of amides is 2. The second-order valence-electron chi connectivity index (χ2n) is 6.31. The summed E-state index contributed by atoms with van der Waals surface area (Å²) in [6.45, 7) is 2.98. The molecule has 1 aromatic carbocycles. The molecule has 2 aliphatic rings. The zero-order valence-corrected chi connectivity index (χ0v) is 13.7. The number of morpholine rings is 1. The molecule has 5 nitrogen and oxygen atoms in total. The first-order valence-corrected chi connectivity index (χ1v) is 8.55. The minimum absolute atomic E-state index is 0.00318. The van der Waals surface area contributed by atoms with Crippen molar-refractivity contribution in [2.24, 2.45) is 0 Å². The first kappa shape index (κ1) is 16.9. The number of ether oxygens (including phenoxy) is 1. The van der Waals surface area contributed by atoms with E-state index in [-0.39, 0.29) is 23.7 Å². The van der Waals surface area contributed by atoms with Crippen LogP contribution in [0.2, 0.25) is 0 Å². The smallest absolute Gasteiger partial charge is 0.245 e. The van der Waals surface area contributed by atoms with Crippen molar-refractivity contribution in [3.8, 4) is 0 Å². The van der Waals surface area contributed by atoms with Gasteiger partial charge in [0.2, 0.25) is 11.8 Å². The van der Waals surface area contributed by atoms with Crippen molar-refractivity contribution in [1.29, 1.82) is 0 Å². The molecule has 6 heteroatoms. The van der Waals surface area contributed by atoms with Crippen LogP contribution in [0.4, 0.5) is 4.39 Å². The van der Waals surface area contributed by atoms with Crippen LogP contribution in [-0.4, -0.2) is 60.5 Å². The molecule has 130 valence electrons. The van der Waals surface area contributed by atoms with Crippen LogP contribution in [0.5, 0.6) is 0 Å². The number of halogens is 1. The van der Waals surface area contributed by atoms with Crippen LogP contribution in [0.25, 0.3) is 0 Å². The van der Waals surface area contributed by atoms with Gasteiger partial charge in [-0.2, -0.15) is 0 Å². The number of rotatable bonds is 4. The molecular formula is C18H23FN2O3. The molecule has 1 atom stereocenters. The maximum Gasteiger partial charge on any atom is 0.245 e. The Kier molecular flexibility index (Phi) is 5.45. The third-order valence-corrected chi connectivity index (χ3v) is 4.72. The molecule has 0 bridgehead atoms. The van der Waals surface area contributed by atoms with E-state index in [0.717, 1.165) is 18.4 Å². The quantitative estimate of drug-likeness (QED) is 0.840. The molecule has 1 aromatic rings. The maximum atomic E-state index is 12.9. The highest BCUT2D eigenvalue weighted by molar-refractivity contribution is 5.88.